The van der Waals surface area contributed by atoms with Crippen LogP contribution in [0.5, 0.6) is 17.2 Å². The molecule has 0 saturated carbocycles. The van der Waals surface area contributed by atoms with Gasteiger partial charge in [0.25, 0.3) is 11.7 Å². The molecular formula is C23H25NO7. The molecule has 164 valence electrons. The quantitative estimate of drug-likeness (QED) is 0.393. The van der Waals surface area contributed by atoms with Crippen LogP contribution in [-0.2, 0) is 14.3 Å². The highest BCUT2D eigenvalue weighted by atomic mass is 16.5. The summed E-state index contributed by atoms with van der Waals surface area (Å²) in [6, 6.07) is 10.9. The van der Waals surface area contributed by atoms with Crippen molar-refractivity contribution in [2.75, 3.05) is 41.6 Å². The van der Waals surface area contributed by atoms with Gasteiger partial charge in [-0.3, -0.25) is 9.59 Å². The van der Waals surface area contributed by atoms with Crippen molar-refractivity contribution in [2.24, 2.45) is 0 Å². The molecule has 0 spiro atoms. The highest BCUT2D eigenvalue weighted by Crippen LogP contribution is 2.41. The smallest absolute Gasteiger partial charge is 0.295 e. The molecule has 0 radical (unpaired) electrons. The highest BCUT2D eigenvalue weighted by molar-refractivity contribution is 6.46. The average Bonchev–Trinajstić information content (AvgIpc) is 3.06. The lowest BCUT2D eigenvalue weighted by Crippen LogP contribution is -2.32. The molecule has 1 aliphatic heterocycles. The number of hydrogen-bond acceptors (Lipinski definition) is 7. The highest BCUT2D eigenvalue weighted by Gasteiger charge is 2.46. The summed E-state index contributed by atoms with van der Waals surface area (Å²) in [6.07, 6.45) is 0. The van der Waals surface area contributed by atoms with Gasteiger partial charge in [0.15, 0.2) is 11.5 Å². The van der Waals surface area contributed by atoms with Crippen LogP contribution in [0.3, 0.4) is 0 Å². The van der Waals surface area contributed by atoms with Gasteiger partial charge in [-0.1, -0.05) is 6.07 Å². The third-order valence-electron chi connectivity index (χ3n) is 5.16. The first-order valence-corrected chi connectivity index (χ1v) is 9.60. The Hall–Kier alpha value is -3.52. The fourth-order valence-corrected chi connectivity index (χ4v) is 3.57. The van der Waals surface area contributed by atoms with Gasteiger partial charge in [0.05, 0.1) is 39.6 Å². The van der Waals surface area contributed by atoms with Crippen molar-refractivity contribution in [1.82, 2.24) is 4.90 Å². The van der Waals surface area contributed by atoms with E-state index in [4.69, 9.17) is 18.9 Å². The second-order valence-corrected chi connectivity index (χ2v) is 6.83. The van der Waals surface area contributed by atoms with E-state index < -0.39 is 17.7 Å². The maximum atomic E-state index is 12.9. The van der Waals surface area contributed by atoms with Gasteiger partial charge in [0, 0.05) is 19.2 Å². The van der Waals surface area contributed by atoms with E-state index in [0.717, 1.165) is 0 Å². The Kier molecular flexibility index (Phi) is 6.81. The first-order chi connectivity index (χ1) is 15.0. The molecule has 8 nitrogen and oxygen atoms in total. The molecule has 1 fully saturated rings. The Balaban J connectivity index is 2.17. The zero-order chi connectivity index (χ0) is 22.5. The third-order valence-corrected chi connectivity index (χ3v) is 5.16. The molecule has 2 aromatic rings. The van der Waals surface area contributed by atoms with E-state index in [1.165, 1.54) is 33.3 Å². The number of amides is 1. The van der Waals surface area contributed by atoms with Crippen LogP contribution in [0.4, 0.5) is 0 Å². The number of nitrogens with zero attached hydrogens (tertiary/aromatic N) is 1. The van der Waals surface area contributed by atoms with Crippen molar-refractivity contribution in [1.29, 1.82) is 0 Å². The predicted octanol–water partition coefficient (Wildman–Crippen LogP) is 2.78. The maximum absolute atomic E-state index is 12.9. The summed E-state index contributed by atoms with van der Waals surface area (Å²) < 4.78 is 20.9. The molecule has 1 saturated heterocycles. The molecule has 0 unspecified atom stereocenters. The minimum Gasteiger partial charge on any atom is -0.507 e. The van der Waals surface area contributed by atoms with Gasteiger partial charge in [-0.2, -0.15) is 0 Å². The normalized spacial score (nSPS) is 17.7. The molecular weight excluding hydrogens is 402 g/mol. The van der Waals surface area contributed by atoms with E-state index in [0.29, 0.717) is 28.4 Å². The van der Waals surface area contributed by atoms with Gasteiger partial charge in [-0.25, -0.2) is 0 Å². The summed E-state index contributed by atoms with van der Waals surface area (Å²) >= 11 is 0. The Bertz CT molecular complexity index is 997. The van der Waals surface area contributed by atoms with Crippen LogP contribution in [0.2, 0.25) is 0 Å². The molecule has 1 amide bonds. The molecule has 1 N–H and O–H groups in total. The fraction of sp³-hybridized carbons (Fsp3) is 0.304. The fourth-order valence-electron chi connectivity index (χ4n) is 3.57. The number of carbonyl (C=O) groups excluding carboxylic acids is 2. The molecule has 0 aliphatic carbocycles. The average molecular weight is 427 g/mol. The maximum Gasteiger partial charge on any atom is 0.295 e. The van der Waals surface area contributed by atoms with Crippen molar-refractivity contribution in [3.8, 4) is 17.2 Å². The van der Waals surface area contributed by atoms with E-state index >= 15 is 0 Å². The Labute approximate surface area is 180 Å². The summed E-state index contributed by atoms with van der Waals surface area (Å²) in [7, 11) is 6.07. The molecule has 8 heteroatoms. The van der Waals surface area contributed by atoms with Crippen molar-refractivity contribution in [2.45, 2.75) is 6.04 Å². The van der Waals surface area contributed by atoms with Crippen LogP contribution in [0.15, 0.2) is 48.0 Å². The number of likely N-dealkylation sites (tertiary alicyclic amines) is 1. The van der Waals surface area contributed by atoms with Crippen LogP contribution in [-0.4, -0.2) is 63.3 Å². The molecule has 1 heterocycles. The molecule has 1 atom stereocenters. The number of Topliss-reactive ketones (excluding diaryl/α,β-unsaturated/α-hetero) is 1. The van der Waals surface area contributed by atoms with Crippen molar-refractivity contribution in [3.05, 3.63) is 59.2 Å². The second-order valence-electron chi connectivity index (χ2n) is 6.83. The number of carbonyl (C=O) groups is 2. The lowest BCUT2D eigenvalue weighted by Gasteiger charge is -2.25. The summed E-state index contributed by atoms with van der Waals surface area (Å²) in [5.41, 5.74) is 0.998. The van der Waals surface area contributed by atoms with Gasteiger partial charge < -0.3 is 29.0 Å². The zero-order valence-electron chi connectivity index (χ0n) is 17.9. The van der Waals surface area contributed by atoms with Crippen LogP contribution < -0.4 is 14.2 Å². The molecule has 1 aliphatic rings. The summed E-state index contributed by atoms with van der Waals surface area (Å²) in [5, 5.41) is 11.0. The van der Waals surface area contributed by atoms with Crippen LogP contribution in [0.25, 0.3) is 5.76 Å². The predicted molar refractivity (Wildman–Crippen MR) is 113 cm³/mol. The number of hydrogen-bond donors (Lipinski definition) is 1. The van der Waals surface area contributed by atoms with E-state index in [9.17, 15) is 14.7 Å². The van der Waals surface area contributed by atoms with E-state index in [1.54, 1.807) is 42.5 Å². The lowest BCUT2D eigenvalue weighted by molar-refractivity contribution is -0.140. The first kappa shape index (κ1) is 22.2. The number of aliphatic hydroxyl groups is 1. The number of ketones is 1. The number of ether oxygens (including phenoxy) is 4. The first-order valence-electron chi connectivity index (χ1n) is 9.60. The third kappa shape index (κ3) is 4.20. The largest absolute Gasteiger partial charge is 0.507 e. The summed E-state index contributed by atoms with van der Waals surface area (Å²) in [6.45, 7) is 0.416. The van der Waals surface area contributed by atoms with Crippen molar-refractivity contribution < 1.29 is 33.6 Å². The topological polar surface area (TPSA) is 94.5 Å². The van der Waals surface area contributed by atoms with E-state index in [2.05, 4.69) is 0 Å². The Morgan fingerprint density at radius 2 is 1.61 bits per heavy atom. The van der Waals surface area contributed by atoms with Crippen LogP contribution in [0, 0.1) is 0 Å². The molecule has 31 heavy (non-hydrogen) atoms. The molecule has 3 rings (SSSR count). The SMILES string of the molecule is COCCN1C(=O)C(=O)/C(=C(/O)c2ccc(OC)cc2)[C@@H]1c1ccc(OC)c(OC)c1. The van der Waals surface area contributed by atoms with Gasteiger partial charge in [-0.15, -0.1) is 0 Å². The van der Waals surface area contributed by atoms with Gasteiger partial charge in [0.1, 0.15) is 11.5 Å². The lowest BCUT2D eigenvalue weighted by atomic mass is 9.95. The van der Waals surface area contributed by atoms with E-state index in [1.807, 2.05) is 0 Å². The Morgan fingerprint density at radius 1 is 0.935 bits per heavy atom. The summed E-state index contributed by atoms with van der Waals surface area (Å²) in [5.74, 6) is -0.164. The van der Waals surface area contributed by atoms with E-state index in [-0.39, 0.29) is 24.5 Å². The number of methoxy groups -OCH3 is 4. The number of aliphatic hydroxyl groups excluding tert-OH is 1. The van der Waals surface area contributed by atoms with Gasteiger partial charge >= 0.3 is 0 Å². The van der Waals surface area contributed by atoms with Crippen molar-refractivity contribution in [3.63, 3.8) is 0 Å². The minimum atomic E-state index is -0.808. The Morgan fingerprint density at radius 3 is 2.19 bits per heavy atom. The minimum absolute atomic E-state index is 0.00140. The zero-order valence-corrected chi connectivity index (χ0v) is 17.9. The number of rotatable bonds is 8. The molecule has 2 aromatic carbocycles. The van der Waals surface area contributed by atoms with Crippen molar-refractivity contribution >= 4 is 17.4 Å². The monoisotopic (exact) mass is 427 g/mol. The molecule has 0 bridgehead atoms. The standard InChI is InChI=1S/C23H25NO7/c1-28-12-11-24-20(15-7-10-17(30-3)18(13-15)31-4)19(22(26)23(24)27)21(25)14-5-8-16(29-2)9-6-14/h5-10,13,20,25H,11-12H2,1-4H3/b21-19+/t20-/m0/s1. The summed E-state index contributed by atoms with van der Waals surface area (Å²) in [4.78, 5) is 27.2. The van der Waals surface area contributed by atoms with Gasteiger partial charge in [0.2, 0.25) is 0 Å². The number of benzene rings is 2. The second kappa shape index (κ2) is 9.53. The van der Waals surface area contributed by atoms with Gasteiger partial charge in [-0.05, 0) is 42.0 Å². The molecule has 0 aromatic heterocycles. The van der Waals surface area contributed by atoms with Crippen LogP contribution >= 0.6 is 0 Å². The van der Waals surface area contributed by atoms with Crippen LogP contribution in [0.1, 0.15) is 17.2 Å².